The van der Waals surface area contributed by atoms with E-state index in [2.05, 4.69) is 0 Å². The fraction of sp³-hybridized carbons (Fsp3) is 0.294. The van der Waals surface area contributed by atoms with Crippen LogP contribution in [-0.4, -0.2) is 83.3 Å². The highest BCUT2D eigenvalue weighted by Crippen LogP contribution is 2.68. The maximum absolute atomic E-state index is 11.6. The molecule has 9 N–H and O–H groups in total. The molecule has 9 atom stereocenters. The summed E-state index contributed by atoms with van der Waals surface area (Å²) in [6.07, 6.45) is -7.59. The molecule has 2 aliphatic carbocycles. The van der Waals surface area contributed by atoms with Gasteiger partial charge in [0, 0.05) is 46.9 Å². The lowest BCUT2D eigenvalue weighted by Crippen LogP contribution is -2.60. The van der Waals surface area contributed by atoms with Crippen molar-refractivity contribution in [1.82, 2.24) is 0 Å². The number of benzene rings is 4. The Morgan fingerprint density at radius 1 is 0.578 bits per heavy atom. The molecule has 0 spiro atoms. The largest absolute Gasteiger partial charge is 0.508 e. The van der Waals surface area contributed by atoms with Gasteiger partial charge >= 0.3 is 0 Å². The van der Waals surface area contributed by atoms with Crippen molar-refractivity contribution in [2.24, 2.45) is 0 Å². The quantitative estimate of drug-likeness (QED) is 0.160. The average Bonchev–Trinajstić information content (AvgIpc) is 3.28. The Balaban J connectivity index is 1.42. The van der Waals surface area contributed by atoms with Crippen LogP contribution in [-0.2, 0) is 4.74 Å². The van der Waals surface area contributed by atoms with Gasteiger partial charge in [-0.25, -0.2) is 0 Å². The van der Waals surface area contributed by atoms with Crippen LogP contribution in [0.25, 0.3) is 0 Å². The maximum Gasteiger partial charge on any atom is 0.229 e. The molecule has 234 valence electrons. The number of hydrogen-bond donors (Lipinski definition) is 9. The number of phenolic OH excluding ortho intramolecular Hbond substituents is 5. The van der Waals surface area contributed by atoms with Gasteiger partial charge in [0.15, 0.2) is 0 Å². The molecule has 0 aromatic heterocycles. The van der Waals surface area contributed by atoms with E-state index in [0.29, 0.717) is 22.3 Å². The Hall–Kier alpha value is -4.52. The Morgan fingerprint density at radius 3 is 1.82 bits per heavy atom. The minimum Gasteiger partial charge on any atom is -0.508 e. The molecule has 4 aromatic carbocycles. The first-order chi connectivity index (χ1) is 21.6. The van der Waals surface area contributed by atoms with Gasteiger partial charge in [0.2, 0.25) is 6.29 Å². The highest BCUT2D eigenvalue weighted by atomic mass is 16.7. The van der Waals surface area contributed by atoms with Crippen LogP contribution in [0.5, 0.6) is 34.5 Å². The zero-order chi connectivity index (χ0) is 31.7. The van der Waals surface area contributed by atoms with Gasteiger partial charge in [-0.05, 0) is 58.7 Å². The summed E-state index contributed by atoms with van der Waals surface area (Å²) in [6, 6.07) is 19.2. The molecule has 1 aliphatic heterocycles. The van der Waals surface area contributed by atoms with Gasteiger partial charge in [-0.2, -0.15) is 0 Å². The first-order valence-corrected chi connectivity index (χ1v) is 14.5. The molecule has 3 aliphatic rings. The van der Waals surface area contributed by atoms with Crippen LogP contribution < -0.4 is 4.74 Å². The van der Waals surface area contributed by atoms with E-state index < -0.39 is 55.1 Å². The van der Waals surface area contributed by atoms with E-state index in [1.165, 1.54) is 12.1 Å². The molecule has 11 nitrogen and oxygen atoms in total. The van der Waals surface area contributed by atoms with Crippen molar-refractivity contribution in [1.29, 1.82) is 0 Å². The van der Waals surface area contributed by atoms with E-state index in [4.69, 9.17) is 9.47 Å². The van der Waals surface area contributed by atoms with Gasteiger partial charge in [0.25, 0.3) is 0 Å². The zero-order valence-electron chi connectivity index (χ0n) is 23.7. The molecule has 45 heavy (non-hydrogen) atoms. The molecular weight excluding hydrogens is 584 g/mol. The third-order valence-electron chi connectivity index (χ3n) is 9.39. The molecular formula is C34H32O11. The van der Waals surface area contributed by atoms with Gasteiger partial charge in [-0.3, -0.25) is 0 Å². The van der Waals surface area contributed by atoms with E-state index in [1.807, 2.05) is 0 Å². The number of aromatic hydroxyl groups is 5. The highest BCUT2D eigenvalue weighted by molar-refractivity contribution is 5.68. The number of hydrogen-bond acceptors (Lipinski definition) is 11. The van der Waals surface area contributed by atoms with Crippen molar-refractivity contribution >= 4 is 0 Å². The summed E-state index contributed by atoms with van der Waals surface area (Å²) >= 11 is 0. The van der Waals surface area contributed by atoms with Gasteiger partial charge in [0.1, 0.15) is 58.9 Å². The molecule has 1 heterocycles. The first-order valence-electron chi connectivity index (χ1n) is 14.5. The Labute approximate surface area is 257 Å². The summed E-state index contributed by atoms with van der Waals surface area (Å²) in [5, 5.41) is 94.3. The molecule has 7 rings (SSSR count). The van der Waals surface area contributed by atoms with Crippen molar-refractivity contribution in [2.45, 2.75) is 54.4 Å². The lowest BCUT2D eigenvalue weighted by Gasteiger charge is -2.40. The van der Waals surface area contributed by atoms with Crippen molar-refractivity contribution < 1.29 is 55.4 Å². The minimum atomic E-state index is -1.67. The lowest BCUT2D eigenvalue weighted by atomic mass is 9.63. The van der Waals surface area contributed by atoms with E-state index in [0.717, 1.165) is 11.1 Å². The SMILES string of the molecule is OC[C@H]1O[C@@H](Oc2cc(O)c3c(c2)[C@@H]2[C@H](c4ccc(O)cc4)c4c(O)cc(O)cc4[C@H]3[C@@H]2c2ccc(O)cc2)[C@H](O)[C@@H](O)[C@@H]1O. The smallest absolute Gasteiger partial charge is 0.229 e. The van der Waals surface area contributed by atoms with E-state index >= 15 is 0 Å². The third kappa shape index (κ3) is 4.63. The average molecular weight is 617 g/mol. The van der Waals surface area contributed by atoms with Crippen LogP contribution >= 0.6 is 0 Å². The molecule has 4 aromatic rings. The molecule has 0 saturated carbocycles. The monoisotopic (exact) mass is 616 g/mol. The molecule has 0 amide bonds. The predicted octanol–water partition coefficient (Wildman–Crippen LogP) is 2.55. The Kier molecular flexibility index (Phi) is 7.03. The normalized spacial score (nSPS) is 30.0. The maximum atomic E-state index is 11.6. The molecule has 0 unspecified atom stereocenters. The van der Waals surface area contributed by atoms with Crippen LogP contribution in [0.15, 0.2) is 72.8 Å². The number of rotatable bonds is 5. The number of aliphatic hydroxyl groups is 4. The van der Waals surface area contributed by atoms with Gasteiger partial charge in [-0.15, -0.1) is 0 Å². The van der Waals surface area contributed by atoms with Crippen molar-refractivity contribution in [3.63, 3.8) is 0 Å². The third-order valence-corrected chi connectivity index (χ3v) is 9.39. The topological polar surface area (TPSA) is 201 Å². The molecule has 11 heteroatoms. The minimum absolute atomic E-state index is 0.0531. The molecule has 0 radical (unpaired) electrons. The second-order valence-electron chi connectivity index (χ2n) is 11.9. The summed E-state index contributed by atoms with van der Waals surface area (Å²) < 4.78 is 11.5. The van der Waals surface area contributed by atoms with Gasteiger partial charge in [-0.1, -0.05) is 24.3 Å². The summed E-state index contributed by atoms with van der Waals surface area (Å²) in [7, 11) is 0. The number of phenols is 5. The Bertz CT molecular complexity index is 1740. The number of ether oxygens (including phenoxy) is 2. The number of aliphatic hydroxyl groups excluding tert-OH is 4. The van der Waals surface area contributed by atoms with Crippen LogP contribution in [0.1, 0.15) is 57.1 Å². The van der Waals surface area contributed by atoms with Crippen LogP contribution in [0, 0.1) is 0 Å². The van der Waals surface area contributed by atoms with E-state index in [-0.39, 0.29) is 40.4 Å². The predicted molar refractivity (Wildman–Crippen MR) is 158 cm³/mol. The second-order valence-corrected chi connectivity index (χ2v) is 11.9. The number of fused-ring (bicyclic) bond motifs is 7. The summed E-state index contributed by atoms with van der Waals surface area (Å²) in [5.41, 5.74) is 3.89. The van der Waals surface area contributed by atoms with Gasteiger partial charge < -0.3 is 55.4 Å². The first kappa shape index (κ1) is 29.2. The fourth-order valence-electron chi connectivity index (χ4n) is 7.50. The summed E-state index contributed by atoms with van der Waals surface area (Å²) in [6.45, 7) is -0.638. The lowest BCUT2D eigenvalue weighted by molar-refractivity contribution is -0.277. The van der Waals surface area contributed by atoms with E-state index in [9.17, 15) is 46.0 Å². The molecule has 2 bridgehead atoms. The molecule has 1 fully saturated rings. The fourth-order valence-corrected chi connectivity index (χ4v) is 7.50. The van der Waals surface area contributed by atoms with Crippen molar-refractivity contribution in [3.8, 4) is 34.5 Å². The van der Waals surface area contributed by atoms with Crippen LogP contribution in [0.2, 0.25) is 0 Å². The van der Waals surface area contributed by atoms with Crippen LogP contribution in [0.3, 0.4) is 0 Å². The van der Waals surface area contributed by atoms with Crippen LogP contribution in [0.4, 0.5) is 0 Å². The van der Waals surface area contributed by atoms with Crippen molar-refractivity contribution in [3.05, 3.63) is 106 Å². The highest BCUT2D eigenvalue weighted by Gasteiger charge is 2.54. The Morgan fingerprint density at radius 2 is 1.18 bits per heavy atom. The molecule has 1 saturated heterocycles. The standard InChI is InChI=1S/C34H32O11/c35-13-24-31(41)32(42)33(43)34(45-24)44-19-11-21-28(23(40)12-19)30-20-9-18(38)10-22(39)27(20)25(14-1-5-16(36)6-2-14)29(21)26(30)15-3-7-17(37)8-4-15/h1-12,24-26,29-43H,13H2/t24-,25-,26-,29-,30+,31-,32+,33-,34-/m1/s1. The second kappa shape index (κ2) is 10.8. The van der Waals surface area contributed by atoms with E-state index in [1.54, 1.807) is 60.7 Å². The van der Waals surface area contributed by atoms with Crippen molar-refractivity contribution in [2.75, 3.05) is 6.61 Å². The summed E-state index contributed by atoms with van der Waals surface area (Å²) in [4.78, 5) is 0. The van der Waals surface area contributed by atoms with Gasteiger partial charge in [0.05, 0.1) is 6.61 Å². The zero-order valence-corrected chi connectivity index (χ0v) is 23.7. The summed E-state index contributed by atoms with van der Waals surface area (Å²) in [5.74, 6) is -2.15.